The summed E-state index contributed by atoms with van der Waals surface area (Å²) < 4.78 is 0. The van der Waals surface area contributed by atoms with E-state index < -0.39 is 0 Å². The first kappa shape index (κ1) is 19.5. The third-order valence-electron chi connectivity index (χ3n) is 4.64. The van der Waals surface area contributed by atoms with Crippen molar-refractivity contribution in [2.75, 3.05) is 0 Å². The minimum absolute atomic E-state index is 0.00581. The van der Waals surface area contributed by atoms with Crippen molar-refractivity contribution in [3.8, 4) is 9.88 Å². The van der Waals surface area contributed by atoms with Crippen LogP contribution in [0.15, 0.2) is 72.5 Å². The summed E-state index contributed by atoms with van der Waals surface area (Å²) in [5.41, 5.74) is 3.42. The lowest BCUT2D eigenvalue weighted by atomic mass is 10.1. The first-order valence-corrected chi connectivity index (χ1v) is 11.2. The number of rotatable bonds is 7. The maximum atomic E-state index is 13.3. The van der Waals surface area contributed by atoms with Crippen molar-refractivity contribution >= 4 is 28.6 Å². The van der Waals surface area contributed by atoms with E-state index in [2.05, 4.69) is 41.2 Å². The van der Waals surface area contributed by atoms with E-state index >= 15 is 0 Å². The minimum atomic E-state index is -0.00581. The van der Waals surface area contributed by atoms with Crippen LogP contribution in [-0.2, 0) is 19.5 Å². The van der Waals surface area contributed by atoms with Crippen molar-refractivity contribution in [2.24, 2.45) is 0 Å². The fourth-order valence-electron chi connectivity index (χ4n) is 3.06. The number of hydrogen-bond acceptors (Lipinski definition) is 5. The van der Waals surface area contributed by atoms with Gasteiger partial charge in [-0.1, -0.05) is 43.3 Å². The van der Waals surface area contributed by atoms with Gasteiger partial charge in [0.15, 0.2) is 0 Å². The molecule has 0 aliphatic carbocycles. The first-order valence-electron chi connectivity index (χ1n) is 9.48. The van der Waals surface area contributed by atoms with Gasteiger partial charge in [0.05, 0.1) is 11.1 Å². The second-order valence-corrected chi connectivity index (χ2v) is 8.68. The molecule has 29 heavy (non-hydrogen) atoms. The molecule has 4 nitrogen and oxygen atoms in total. The molecule has 6 heteroatoms. The molecule has 0 saturated heterocycles. The Morgan fingerprint density at radius 1 is 0.966 bits per heavy atom. The molecule has 4 aromatic rings. The highest BCUT2D eigenvalue weighted by Gasteiger charge is 2.20. The molecule has 146 valence electrons. The van der Waals surface area contributed by atoms with Gasteiger partial charge in [0.2, 0.25) is 0 Å². The molecule has 4 rings (SSSR count). The van der Waals surface area contributed by atoms with E-state index in [9.17, 15) is 4.79 Å². The van der Waals surface area contributed by atoms with Crippen molar-refractivity contribution in [1.29, 1.82) is 0 Å². The molecule has 0 fully saturated rings. The second kappa shape index (κ2) is 9.11. The average molecular weight is 420 g/mol. The second-order valence-electron chi connectivity index (χ2n) is 6.70. The Kier molecular flexibility index (Phi) is 6.12. The smallest absolute Gasteiger partial charge is 0.266 e. The van der Waals surface area contributed by atoms with Gasteiger partial charge in [-0.15, -0.1) is 22.7 Å². The molecule has 0 saturated carbocycles. The van der Waals surface area contributed by atoms with Crippen LogP contribution in [0.1, 0.15) is 33.3 Å². The number of carbonyl (C=O) groups excluding carboxylic acids is 1. The molecular formula is C23H21N3OS2. The number of thiophene rings is 1. The predicted octanol–water partition coefficient (Wildman–Crippen LogP) is 5.67. The quantitative estimate of drug-likeness (QED) is 0.388. The van der Waals surface area contributed by atoms with Crippen LogP contribution in [0.2, 0.25) is 0 Å². The highest BCUT2D eigenvalue weighted by atomic mass is 32.1. The van der Waals surface area contributed by atoms with E-state index in [0.717, 1.165) is 27.4 Å². The molecular weight excluding hydrogens is 398 g/mol. The van der Waals surface area contributed by atoms with Crippen LogP contribution >= 0.6 is 22.7 Å². The Bertz CT molecular complexity index is 1060. The summed E-state index contributed by atoms with van der Waals surface area (Å²) >= 11 is 3.08. The predicted molar refractivity (Wildman–Crippen MR) is 119 cm³/mol. The normalized spacial score (nSPS) is 10.8. The third kappa shape index (κ3) is 4.78. The maximum absolute atomic E-state index is 13.3. The molecule has 0 aliphatic heterocycles. The van der Waals surface area contributed by atoms with Gasteiger partial charge in [0, 0.05) is 25.5 Å². The fourth-order valence-corrected chi connectivity index (χ4v) is 4.74. The highest BCUT2D eigenvalue weighted by Crippen LogP contribution is 2.30. The molecule has 0 atom stereocenters. The van der Waals surface area contributed by atoms with Gasteiger partial charge in [0.1, 0.15) is 9.88 Å². The molecule has 0 radical (unpaired) electrons. The highest BCUT2D eigenvalue weighted by molar-refractivity contribution is 7.21. The van der Waals surface area contributed by atoms with Gasteiger partial charge >= 0.3 is 0 Å². The zero-order chi connectivity index (χ0) is 20.1. The maximum Gasteiger partial charge on any atom is 0.266 e. The summed E-state index contributed by atoms with van der Waals surface area (Å²) in [6.07, 6.45) is 6.25. The van der Waals surface area contributed by atoms with Gasteiger partial charge in [0.25, 0.3) is 5.91 Å². The molecule has 0 spiro atoms. The minimum Gasteiger partial charge on any atom is -0.329 e. The number of thiazole rings is 1. The van der Waals surface area contributed by atoms with Crippen LogP contribution in [0.25, 0.3) is 9.88 Å². The van der Waals surface area contributed by atoms with Gasteiger partial charge < -0.3 is 4.90 Å². The van der Waals surface area contributed by atoms with E-state index in [-0.39, 0.29) is 5.91 Å². The molecule has 0 N–H and O–H groups in total. The van der Waals surface area contributed by atoms with Gasteiger partial charge in [-0.2, -0.15) is 0 Å². The van der Waals surface area contributed by atoms with Gasteiger partial charge in [-0.05, 0) is 40.6 Å². The van der Waals surface area contributed by atoms with Gasteiger partial charge in [-0.25, -0.2) is 4.98 Å². The fraction of sp³-hybridized carbons (Fsp3) is 0.174. The standard InChI is InChI=1S/C23H21N3OS2/c1-2-17-7-9-18(10-8-17)15-26(16-19-5-3-11-24-13-19)23(27)21-14-25-22(29-21)20-6-4-12-28-20/h3-14H,2,15-16H2,1H3. The van der Waals surface area contributed by atoms with Crippen LogP contribution < -0.4 is 0 Å². The van der Waals surface area contributed by atoms with E-state index in [0.29, 0.717) is 18.0 Å². The Morgan fingerprint density at radius 2 is 1.76 bits per heavy atom. The zero-order valence-electron chi connectivity index (χ0n) is 16.1. The summed E-state index contributed by atoms with van der Waals surface area (Å²) in [6.45, 7) is 3.20. The summed E-state index contributed by atoms with van der Waals surface area (Å²) in [7, 11) is 0. The average Bonchev–Trinajstić information content (AvgIpc) is 3.46. The molecule has 1 amide bonds. The molecule has 0 bridgehead atoms. The van der Waals surface area contributed by atoms with Crippen LogP contribution in [0.5, 0.6) is 0 Å². The lowest BCUT2D eigenvalue weighted by Crippen LogP contribution is -2.29. The first-order chi connectivity index (χ1) is 14.2. The SMILES string of the molecule is CCc1ccc(CN(Cc2cccnc2)C(=O)c2cnc(-c3cccs3)s2)cc1. The van der Waals surface area contributed by atoms with Crippen LogP contribution in [0.3, 0.4) is 0 Å². The Labute approximate surface area is 178 Å². The van der Waals surface area contributed by atoms with E-state index in [1.54, 1.807) is 23.7 Å². The monoisotopic (exact) mass is 419 g/mol. The van der Waals surface area contributed by atoms with Crippen molar-refractivity contribution in [3.05, 3.63) is 94.1 Å². The van der Waals surface area contributed by atoms with Crippen molar-refractivity contribution in [1.82, 2.24) is 14.9 Å². The molecule has 0 aliphatic rings. The summed E-state index contributed by atoms with van der Waals surface area (Å²) in [4.78, 5) is 25.6. The number of hydrogen-bond donors (Lipinski definition) is 0. The summed E-state index contributed by atoms with van der Waals surface area (Å²) in [5.74, 6) is -0.00581. The van der Waals surface area contributed by atoms with Crippen molar-refractivity contribution in [2.45, 2.75) is 26.4 Å². The number of amides is 1. The van der Waals surface area contributed by atoms with E-state index in [1.807, 2.05) is 40.7 Å². The lowest BCUT2D eigenvalue weighted by molar-refractivity contribution is 0.0734. The van der Waals surface area contributed by atoms with Crippen molar-refractivity contribution in [3.63, 3.8) is 0 Å². The Morgan fingerprint density at radius 3 is 2.45 bits per heavy atom. The van der Waals surface area contributed by atoms with Crippen molar-refractivity contribution < 1.29 is 4.79 Å². The number of nitrogens with zero attached hydrogens (tertiary/aromatic N) is 3. The zero-order valence-corrected chi connectivity index (χ0v) is 17.7. The number of carbonyl (C=O) groups is 1. The van der Waals surface area contributed by atoms with E-state index in [4.69, 9.17) is 0 Å². The van der Waals surface area contributed by atoms with E-state index in [1.165, 1.54) is 16.9 Å². The third-order valence-corrected chi connectivity index (χ3v) is 6.66. The van der Waals surface area contributed by atoms with Crippen LogP contribution in [-0.4, -0.2) is 20.8 Å². The molecule has 0 unspecified atom stereocenters. The number of pyridine rings is 1. The number of benzene rings is 1. The molecule has 1 aromatic carbocycles. The molecule has 3 heterocycles. The number of aromatic nitrogens is 2. The Balaban J connectivity index is 1.59. The largest absolute Gasteiger partial charge is 0.329 e. The summed E-state index contributed by atoms with van der Waals surface area (Å²) in [6, 6.07) is 16.4. The number of aryl methyl sites for hydroxylation is 1. The topological polar surface area (TPSA) is 46.1 Å². The Hall–Kier alpha value is -2.83. The summed E-state index contributed by atoms with van der Waals surface area (Å²) in [5, 5.41) is 2.91. The van der Waals surface area contributed by atoms with Gasteiger partial charge in [-0.3, -0.25) is 9.78 Å². The van der Waals surface area contributed by atoms with Crippen LogP contribution in [0, 0.1) is 0 Å². The molecule has 3 aromatic heterocycles. The lowest BCUT2D eigenvalue weighted by Gasteiger charge is -2.22. The van der Waals surface area contributed by atoms with Crippen LogP contribution in [0.4, 0.5) is 0 Å².